The molecule has 2 aromatic rings. The lowest BCUT2D eigenvalue weighted by atomic mass is 10.0. The van der Waals surface area contributed by atoms with Gasteiger partial charge in [-0.05, 0) is 37.2 Å². The van der Waals surface area contributed by atoms with Crippen molar-refractivity contribution < 1.29 is 13.2 Å². The highest BCUT2D eigenvalue weighted by Crippen LogP contribution is 2.28. The number of likely N-dealkylation sites (N-methyl/N-ethyl adjacent to an activating group) is 1. The van der Waals surface area contributed by atoms with Crippen LogP contribution in [0, 0.1) is 0 Å². The molecule has 6 heteroatoms. The first kappa shape index (κ1) is 17.3. The van der Waals surface area contributed by atoms with Crippen LogP contribution in [0.25, 0.3) is 16.8 Å². The molecule has 0 aliphatic carbocycles. The van der Waals surface area contributed by atoms with Gasteiger partial charge in [0.15, 0.2) is 0 Å². The summed E-state index contributed by atoms with van der Waals surface area (Å²) in [5.41, 5.74) is 1.47. The van der Waals surface area contributed by atoms with Gasteiger partial charge >= 0.3 is 0 Å². The van der Waals surface area contributed by atoms with E-state index in [0.29, 0.717) is 12.3 Å². The monoisotopic (exact) mass is 334 g/mol. The van der Waals surface area contributed by atoms with Crippen molar-refractivity contribution in [3.63, 3.8) is 0 Å². The Hall–Kier alpha value is -2.05. The standard InChI is InChI=1S/C17H22N2O3S/c1-19(2)11-13-22-12-10-15-7-4-6-14-8-5-9-16(17(14)15)18-23(3,20)21/h4-10,12,18H,11,13H2,1-3H3/b12-10-. The number of anilines is 1. The van der Waals surface area contributed by atoms with Gasteiger partial charge in [-0.3, -0.25) is 4.72 Å². The Bertz CT molecular complexity index is 793. The Kier molecular flexibility index (Phi) is 5.63. The fourth-order valence-electron chi connectivity index (χ4n) is 2.22. The highest BCUT2D eigenvalue weighted by molar-refractivity contribution is 7.92. The summed E-state index contributed by atoms with van der Waals surface area (Å²) in [6.07, 6.45) is 4.65. The second-order valence-corrected chi connectivity index (χ2v) is 7.35. The van der Waals surface area contributed by atoms with E-state index in [4.69, 9.17) is 4.74 Å². The molecule has 124 valence electrons. The van der Waals surface area contributed by atoms with Crippen LogP contribution in [0.1, 0.15) is 5.56 Å². The van der Waals surface area contributed by atoms with Crippen LogP contribution in [-0.2, 0) is 14.8 Å². The lowest BCUT2D eigenvalue weighted by Gasteiger charge is -2.11. The molecule has 0 spiro atoms. The maximum atomic E-state index is 11.6. The van der Waals surface area contributed by atoms with Gasteiger partial charge < -0.3 is 9.64 Å². The van der Waals surface area contributed by atoms with Gasteiger partial charge in [0, 0.05) is 11.9 Å². The van der Waals surface area contributed by atoms with Gasteiger partial charge in [0.2, 0.25) is 10.0 Å². The third-order valence-electron chi connectivity index (χ3n) is 3.23. The van der Waals surface area contributed by atoms with Gasteiger partial charge in [-0.2, -0.15) is 0 Å². The summed E-state index contributed by atoms with van der Waals surface area (Å²) >= 11 is 0. The Labute approximate surface area is 137 Å². The van der Waals surface area contributed by atoms with Crippen molar-refractivity contribution in [2.75, 3.05) is 38.2 Å². The Balaban J connectivity index is 2.30. The van der Waals surface area contributed by atoms with Crippen LogP contribution in [0.5, 0.6) is 0 Å². The first-order valence-corrected chi connectivity index (χ1v) is 9.18. The van der Waals surface area contributed by atoms with Gasteiger partial charge in [0.05, 0.1) is 24.8 Å². The topological polar surface area (TPSA) is 58.6 Å². The molecule has 0 unspecified atom stereocenters. The average Bonchev–Trinajstić information content (AvgIpc) is 2.45. The lowest BCUT2D eigenvalue weighted by molar-refractivity contribution is 0.214. The number of sulfonamides is 1. The van der Waals surface area contributed by atoms with Crippen LogP contribution in [0.15, 0.2) is 42.7 Å². The molecule has 0 saturated carbocycles. The van der Waals surface area contributed by atoms with Crippen molar-refractivity contribution in [1.82, 2.24) is 4.90 Å². The molecule has 2 aromatic carbocycles. The number of nitrogens with one attached hydrogen (secondary N) is 1. The third kappa shape index (κ3) is 5.26. The predicted molar refractivity (Wildman–Crippen MR) is 96.0 cm³/mol. The van der Waals surface area contributed by atoms with Gasteiger partial charge in [0.1, 0.15) is 0 Å². The van der Waals surface area contributed by atoms with E-state index < -0.39 is 10.0 Å². The molecular formula is C17H22N2O3S. The zero-order valence-corrected chi connectivity index (χ0v) is 14.4. The number of benzene rings is 2. The van der Waals surface area contributed by atoms with Crippen LogP contribution < -0.4 is 4.72 Å². The SMILES string of the molecule is CN(C)CCO/C=C\c1cccc2cccc(NS(C)(=O)=O)c12. The van der Waals surface area contributed by atoms with E-state index in [9.17, 15) is 8.42 Å². The summed E-state index contributed by atoms with van der Waals surface area (Å²) in [6.45, 7) is 1.43. The van der Waals surface area contributed by atoms with E-state index >= 15 is 0 Å². The van der Waals surface area contributed by atoms with E-state index in [2.05, 4.69) is 4.72 Å². The minimum atomic E-state index is -3.33. The summed E-state index contributed by atoms with van der Waals surface area (Å²) in [7, 11) is 0.639. The van der Waals surface area contributed by atoms with E-state index in [1.54, 1.807) is 12.3 Å². The minimum absolute atomic E-state index is 0.568. The fourth-order valence-corrected chi connectivity index (χ4v) is 2.79. The molecule has 0 heterocycles. The van der Waals surface area contributed by atoms with E-state index in [-0.39, 0.29) is 0 Å². The molecule has 0 aliphatic heterocycles. The van der Waals surface area contributed by atoms with Gasteiger partial charge in [0.25, 0.3) is 0 Å². The van der Waals surface area contributed by atoms with Crippen LogP contribution >= 0.6 is 0 Å². The van der Waals surface area contributed by atoms with Crippen molar-refractivity contribution in [3.05, 3.63) is 48.2 Å². The predicted octanol–water partition coefficient (Wildman–Crippen LogP) is 2.76. The quantitative estimate of drug-likeness (QED) is 0.625. The maximum Gasteiger partial charge on any atom is 0.229 e. The minimum Gasteiger partial charge on any atom is -0.500 e. The molecular weight excluding hydrogens is 312 g/mol. The Morgan fingerprint density at radius 1 is 1.17 bits per heavy atom. The van der Waals surface area contributed by atoms with Crippen LogP contribution in [0.3, 0.4) is 0 Å². The Morgan fingerprint density at radius 3 is 2.52 bits per heavy atom. The molecule has 0 saturated heterocycles. The molecule has 2 rings (SSSR count). The van der Waals surface area contributed by atoms with Crippen LogP contribution in [0.4, 0.5) is 5.69 Å². The summed E-state index contributed by atoms with van der Waals surface area (Å²) in [6, 6.07) is 11.4. The summed E-state index contributed by atoms with van der Waals surface area (Å²) in [5, 5.41) is 1.82. The van der Waals surface area contributed by atoms with Gasteiger partial charge in [-0.25, -0.2) is 8.42 Å². The maximum absolute atomic E-state index is 11.6. The van der Waals surface area contributed by atoms with E-state index in [0.717, 1.165) is 29.1 Å². The number of hydrogen-bond donors (Lipinski definition) is 1. The average molecular weight is 334 g/mol. The summed E-state index contributed by atoms with van der Waals surface area (Å²) in [5.74, 6) is 0. The Morgan fingerprint density at radius 2 is 1.87 bits per heavy atom. The zero-order chi connectivity index (χ0) is 16.9. The first-order valence-electron chi connectivity index (χ1n) is 7.29. The molecule has 0 atom stereocenters. The third-order valence-corrected chi connectivity index (χ3v) is 3.82. The van der Waals surface area contributed by atoms with Crippen molar-refractivity contribution in [2.45, 2.75) is 0 Å². The summed E-state index contributed by atoms with van der Waals surface area (Å²) in [4.78, 5) is 2.04. The van der Waals surface area contributed by atoms with E-state index in [1.165, 1.54) is 0 Å². The smallest absolute Gasteiger partial charge is 0.229 e. The van der Waals surface area contributed by atoms with Crippen molar-refractivity contribution in [1.29, 1.82) is 0 Å². The molecule has 0 fully saturated rings. The fraction of sp³-hybridized carbons (Fsp3) is 0.294. The molecule has 0 aliphatic rings. The van der Waals surface area contributed by atoms with Gasteiger partial charge in [-0.15, -0.1) is 0 Å². The molecule has 23 heavy (non-hydrogen) atoms. The van der Waals surface area contributed by atoms with Crippen molar-refractivity contribution >= 4 is 32.6 Å². The normalized spacial score (nSPS) is 12.2. The number of fused-ring (bicyclic) bond motifs is 1. The largest absolute Gasteiger partial charge is 0.500 e. The molecule has 0 amide bonds. The number of rotatable bonds is 7. The van der Waals surface area contributed by atoms with Crippen molar-refractivity contribution in [2.24, 2.45) is 0 Å². The first-order chi connectivity index (χ1) is 10.9. The highest BCUT2D eigenvalue weighted by atomic mass is 32.2. The molecule has 0 bridgehead atoms. The number of ether oxygens (including phenoxy) is 1. The van der Waals surface area contributed by atoms with Gasteiger partial charge in [-0.1, -0.05) is 30.3 Å². The molecule has 5 nitrogen and oxygen atoms in total. The van der Waals surface area contributed by atoms with Crippen molar-refractivity contribution in [3.8, 4) is 0 Å². The number of hydrogen-bond acceptors (Lipinski definition) is 4. The van der Waals surface area contributed by atoms with Crippen LogP contribution in [-0.4, -0.2) is 46.8 Å². The summed E-state index contributed by atoms with van der Waals surface area (Å²) < 4.78 is 31.2. The van der Waals surface area contributed by atoms with Crippen LogP contribution in [0.2, 0.25) is 0 Å². The lowest BCUT2D eigenvalue weighted by Crippen LogP contribution is -2.16. The highest BCUT2D eigenvalue weighted by Gasteiger charge is 2.08. The molecule has 1 N–H and O–H groups in total. The second-order valence-electron chi connectivity index (χ2n) is 5.60. The second kappa shape index (κ2) is 7.48. The zero-order valence-electron chi connectivity index (χ0n) is 13.6. The van der Waals surface area contributed by atoms with E-state index in [1.807, 2.05) is 55.4 Å². The molecule has 0 aromatic heterocycles. The number of nitrogens with zero attached hydrogens (tertiary/aromatic N) is 1. The molecule has 0 radical (unpaired) electrons.